The van der Waals surface area contributed by atoms with Gasteiger partial charge in [0, 0.05) is 30.8 Å². The molecule has 2 aliphatic heterocycles. The molecule has 10 heteroatoms. The SMILES string of the molecule is O=C(c1cnsn1)N1CCC(n2c(-c3ccc4c(c3)OCO4)nc3cc(F)ccc32)CC1. The van der Waals surface area contributed by atoms with Crippen LogP contribution in [-0.4, -0.2) is 49.0 Å². The van der Waals surface area contributed by atoms with Crippen molar-refractivity contribution >= 4 is 28.7 Å². The van der Waals surface area contributed by atoms with Gasteiger partial charge in [0.2, 0.25) is 6.79 Å². The van der Waals surface area contributed by atoms with E-state index < -0.39 is 0 Å². The van der Waals surface area contributed by atoms with Gasteiger partial charge in [0.25, 0.3) is 5.91 Å². The van der Waals surface area contributed by atoms with Crippen molar-refractivity contribution in [3.63, 3.8) is 0 Å². The van der Waals surface area contributed by atoms with Crippen LogP contribution in [0.25, 0.3) is 22.4 Å². The van der Waals surface area contributed by atoms with E-state index >= 15 is 0 Å². The Morgan fingerprint density at radius 1 is 1.09 bits per heavy atom. The minimum atomic E-state index is -0.323. The zero-order chi connectivity index (χ0) is 21.7. The third-order valence-corrected chi connectivity index (χ3v) is 6.46. The van der Waals surface area contributed by atoms with Crippen molar-refractivity contribution in [1.82, 2.24) is 23.2 Å². The highest BCUT2D eigenvalue weighted by atomic mass is 32.1. The van der Waals surface area contributed by atoms with Crippen LogP contribution in [0.15, 0.2) is 42.6 Å². The Kier molecular flexibility index (Phi) is 4.53. The van der Waals surface area contributed by atoms with E-state index in [2.05, 4.69) is 13.3 Å². The molecule has 162 valence electrons. The molecule has 2 aromatic heterocycles. The highest BCUT2D eigenvalue weighted by Gasteiger charge is 2.29. The fourth-order valence-corrected chi connectivity index (χ4v) is 4.84. The Morgan fingerprint density at radius 2 is 1.94 bits per heavy atom. The average molecular weight is 451 g/mol. The molecule has 0 spiro atoms. The fourth-order valence-electron chi connectivity index (χ4n) is 4.43. The van der Waals surface area contributed by atoms with E-state index in [0.29, 0.717) is 35.8 Å². The number of amides is 1. The zero-order valence-corrected chi connectivity index (χ0v) is 17.7. The van der Waals surface area contributed by atoms with Crippen molar-refractivity contribution < 1.29 is 18.7 Å². The Hall–Kier alpha value is -3.53. The first kappa shape index (κ1) is 19.2. The summed E-state index contributed by atoms with van der Waals surface area (Å²) in [6.07, 6.45) is 3.02. The molecule has 32 heavy (non-hydrogen) atoms. The maximum atomic E-state index is 13.9. The largest absolute Gasteiger partial charge is 0.454 e. The van der Waals surface area contributed by atoms with E-state index in [9.17, 15) is 9.18 Å². The first-order valence-corrected chi connectivity index (χ1v) is 11.0. The molecule has 1 saturated heterocycles. The first-order chi connectivity index (χ1) is 15.7. The summed E-state index contributed by atoms with van der Waals surface area (Å²) in [4.78, 5) is 19.2. The molecule has 4 aromatic rings. The number of imidazole rings is 1. The van der Waals surface area contributed by atoms with Crippen LogP contribution in [0.5, 0.6) is 11.5 Å². The summed E-state index contributed by atoms with van der Waals surface area (Å²) in [7, 11) is 0. The number of rotatable bonds is 3. The maximum Gasteiger partial charge on any atom is 0.275 e. The van der Waals surface area contributed by atoms with Crippen LogP contribution in [0.1, 0.15) is 29.4 Å². The summed E-state index contributed by atoms with van der Waals surface area (Å²) >= 11 is 1.03. The Balaban J connectivity index is 1.36. The molecule has 6 rings (SSSR count). The summed E-state index contributed by atoms with van der Waals surface area (Å²) in [5.41, 5.74) is 2.73. The lowest BCUT2D eigenvalue weighted by molar-refractivity contribution is 0.0691. The van der Waals surface area contributed by atoms with E-state index in [4.69, 9.17) is 14.5 Å². The Bertz CT molecular complexity index is 1310. The lowest BCUT2D eigenvalue weighted by Crippen LogP contribution is -2.39. The number of fused-ring (bicyclic) bond motifs is 2. The number of nitrogens with zero attached hydrogens (tertiary/aromatic N) is 5. The number of carbonyl (C=O) groups is 1. The molecule has 0 radical (unpaired) electrons. The van der Waals surface area contributed by atoms with E-state index in [0.717, 1.165) is 41.5 Å². The molecule has 0 atom stereocenters. The van der Waals surface area contributed by atoms with Crippen LogP contribution in [-0.2, 0) is 0 Å². The van der Waals surface area contributed by atoms with Crippen molar-refractivity contribution in [2.45, 2.75) is 18.9 Å². The van der Waals surface area contributed by atoms with Gasteiger partial charge in [-0.05, 0) is 43.2 Å². The molecule has 1 amide bonds. The molecule has 2 aromatic carbocycles. The summed E-state index contributed by atoms with van der Waals surface area (Å²) in [5.74, 6) is 1.70. The number of piperidine rings is 1. The summed E-state index contributed by atoms with van der Waals surface area (Å²) < 4.78 is 35.1. The quantitative estimate of drug-likeness (QED) is 0.470. The van der Waals surface area contributed by atoms with Gasteiger partial charge in [0.15, 0.2) is 17.2 Å². The summed E-state index contributed by atoms with van der Waals surface area (Å²) in [5, 5.41) is 0. The molecule has 8 nitrogen and oxygen atoms in total. The van der Waals surface area contributed by atoms with Crippen LogP contribution in [0, 0.1) is 5.82 Å². The van der Waals surface area contributed by atoms with Gasteiger partial charge in [0.05, 0.1) is 29.0 Å². The number of carbonyl (C=O) groups excluding carboxylic acids is 1. The number of aromatic nitrogens is 4. The molecular weight excluding hydrogens is 433 g/mol. The summed E-state index contributed by atoms with van der Waals surface area (Å²) in [6.45, 7) is 1.40. The molecule has 4 heterocycles. The second kappa shape index (κ2) is 7.56. The molecule has 0 unspecified atom stereocenters. The van der Waals surface area contributed by atoms with E-state index in [-0.39, 0.29) is 24.6 Å². The lowest BCUT2D eigenvalue weighted by Gasteiger charge is -2.33. The monoisotopic (exact) mass is 451 g/mol. The smallest absolute Gasteiger partial charge is 0.275 e. The van der Waals surface area contributed by atoms with Gasteiger partial charge in [-0.25, -0.2) is 9.37 Å². The van der Waals surface area contributed by atoms with E-state index in [1.807, 2.05) is 23.1 Å². The lowest BCUT2D eigenvalue weighted by atomic mass is 10.0. The third kappa shape index (κ3) is 3.18. The standard InChI is InChI=1S/C22H18FN5O3S/c23-14-2-3-18-16(10-14)25-21(13-1-4-19-20(9-13)31-12-30-19)28(18)15-5-7-27(8-6-15)22(29)17-11-24-32-26-17/h1-4,9-11,15H,5-8,12H2. The van der Waals surface area contributed by atoms with Gasteiger partial charge in [0.1, 0.15) is 11.6 Å². The minimum Gasteiger partial charge on any atom is -0.454 e. The first-order valence-electron chi connectivity index (χ1n) is 10.3. The molecule has 0 saturated carbocycles. The number of halogens is 1. The van der Waals surface area contributed by atoms with Crippen LogP contribution in [0.3, 0.4) is 0 Å². The second-order valence-electron chi connectivity index (χ2n) is 7.82. The number of hydrogen-bond acceptors (Lipinski definition) is 7. The molecular formula is C22H18FN5O3S. The van der Waals surface area contributed by atoms with Crippen LogP contribution < -0.4 is 9.47 Å². The van der Waals surface area contributed by atoms with Crippen molar-refractivity contribution in [1.29, 1.82) is 0 Å². The zero-order valence-electron chi connectivity index (χ0n) is 16.9. The molecule has 2 aliphatic rings. The Morgan fingerprint density at radius 3 is 2.75 bits per heavy atom. The van der Waals surface area contributed by atoms with E-state index in [1.165, 1.54) is 18.3 Å². The van der Waals surface area contributed by atoms with Crippen molar-refractivity contribution in [2.75, 3.05) is 19.9 Å². The second-order valence-corrected chi connectivity index (χ2v) is 8.38. The highest BCUT2D eigenvalue weighted by Crippen LogP contribution is 2.39. The molecule has 0 aliphatic carbocycles. The van der Waals surface area contributed by atoms with Crippen molar-refractivity contribution in [3.05, 3.63) is 54.1 Å². The van der Waals surface area contributed by atoms with Gasteiger partial charge >= 0.3 is 0 Å². The maximum absolute atomic E-state index is 13.9. The average Bonchev–Trinajstić information content (AvgIpc) is 3.57. The number of hydrogen-bond donors (Lipinski definition) is 0. The van der Waals surface area contributed by atoms with Gasteiger partial charge in [-0.1, -0.05) is 0 Å². The number of ether oxygens (including phenoxy) is 2. The van der Waals surface area contributed by atoms with Gasteiger partial charge < -0.3 is 18.9 Å². The predicted molar refractivity (Wildman–Crippen MR) is 115 cm³/mol. The number of likely N-dealkylation sites (tertiary alicyclic amines) is 1. The van der Waals surface area contributed by atoms with Crippen molar-refractivity contribution in [2.24, 2.45) is 0 Å². The number of benzene rings is 2. The molecule has 0 N–H and O–H groups in total. The van der Waals surface area contributed by atoms with Gasteiger partial charge in [-0.3, -0.25) is 4.79 Å². The van der Waals surface area contributed by atoms with Gasteiger partial charge in [-0.15, -0.1) is 0 Å². The van der Waals surface area contributed by atoms with E-state index in [1.54, 1.807) is 6.07 Å². The van der Waals surface area contributed by atoms with Crippen LogP contribution in [0.4, 0.5) is 4.39 Å². The third-order valence-electron chi connectivity index (χ3n) is 5.98. The van der Waals surface area contributed by atoms with Crippen LogP contribution >= 0.6 is 11.7 Å². The van der Waals surface area contributed by atoms with Crippen LogP contribution in [0.2, 0.25) is 0 Å². The predicted octanol–water partition coefficient (Wildman–Crippen LogP) is 3.90. The highest BCUT2D eigenvalue weighted by molar-refractivity contribution is 6.99. The normalized spacial score (nSPS) is 16.1. The topological polar surface area (TPSA) is 82.4 Å². The van der Waals surface area contributed by atoms with Crippen molar-refractivity contribution in [3.8, 4) is 22.9 Å². The molecule has 0 bridgehead atoms. The van der Waals surface area contributed by atoms with Gasteiger partial charge in [-0.2, -0.15) is 8.75 Å². The fraction of sp³-hybridized carbons (Fsp3) is 0.273. The Labute approximate surface area is 186 Å². The summed E-state index contributed by atoms with van der Waals surface area (Å²) in [6, 6.07) is 10.5. The molecule has 1 fully saturated rings. The minimum absolute atomic E-state index is 0.0919.